The Morgan fingerprint density at radius 3 is 2.90 bits per heavy atom. The number of nitrogens with zero attached hydrogens (tertiary/aromatic N) is 2. The molecule has 2 aliphatic rings. The number of piperazine rings is 1. The monoisotopic (exact) mass is 337 g/mol. The average molecular weight is 338 g/mol. The minimum absolute atomic E-state index is 0.698. The number of pyridine rings is 1. The highest BCUT2D eigenvalue weighted by molar-refractivity contribution is 9.10. The second kappa shape index (κ2) is 7.01. The van der Waals surface area contributed by atoms with Crippen LogP contribution in [0.5, 0.6) is 0 Å². The van der Waals surface area contributed by atoms with Crippen LogP contribution in [0.2, 0.25) is 0 Å². The first kappa shape index (κ1) is 14.5. The van der Waals surface area contributed by atoms with E-state index in [0.29, 0.717) is 6.04 Å². The Balaban J connectivity index is 1.57. The first-order chi connectivity index (χ1) is 9.81. The highest BCUT2D eigenvalue weighted by Crippen LogP contribution is 2.28. The molecule has 4 heteroatoms. The van der Waals surface area contributed by atoms with Crippen molar-refractivity contribution in [3.63, 3.8) is 0 Å². The van der Waals surface area contributed by atoms with Gasteiger partial charge in [-0.3, -0.25) is 9.88 Å². The molecular formula is C16H24BrN3. The predicted molar refractivity (Wildman–Crippen MR) is 85.6 cm³/mol. The molecule has 0 amide bonds. The summed E-state index contributed by atoms with van der Waals surface area (Å²) in [6.07, 6.45) is 11.0. The standard InChI is InChI=1S/C16H24BrN3/c17-15-8-13(9-18-10-15)11-20-7-6-19-16(12-20)14-4-2-1-3-5-14/h8-10,14,16,19H,1-7,11-12H2. The van der Waals surface area contributed by atoms with Gasteiger partial charge in [-0.1, -0.05) is 19.3 Å². The SMILES string of the molecule is Brc1cncc(CN2CCNC(C3CCCCC3)C2)c1. The van der Waals surface area contributed by atoms with E-state index in [4.69, 9.17) is 0 Å². The van der Waals surface area contributed by atoms with Gasteiger partial charge in [-0.05, 0) is 46.3 Å². The zero-order chi connectivity index (χ0) is 13.8. The molecule has 1 aliphatic heterocycles. The molecule has 1 aromatic rings. The van der Waals surface area contributed by atoms with Gasteiger partial charge in [-0.2, -0.15) is 0 Å². The fraction of sp³-hybridized carbons (Fsp3) is 0.688. The van der Waals surface area contributed by atoms with E-state index in [9.17, 15) is 0 Å². The number of rotatable bonds is 3. The molecule has 0 bridgehead atoms. The molecule has 1 aliphatic carbocycles. The zero-order valence-electron chi connectivity index (χ0n) is 12.0. The third-order valence-electron chi connectivity index (χ3n) is 4.68. The van der Waals surface area contributed by atoms with Gasteiger partial charge in [0.25, 0.3) is 0 Å². The second-order valence-corrected chi connectivity index (χ2v) is 7.12. The lowest BCUT2D eigenvalue weighted by Crippen LogP contribution is -2.53. The number of halogens is 1. The first-order valence-corrected chi connectivity index (χ1v) is 8.66. The van der Waals surface area contributed by atoms with E-state index < -0.39 is 0 Å². The maximum absolute atomic E-state index is 4.27. The number of nitrogens with one attached hydrogen (secondary N) is 1. The molecule has 1 aromatic heterocycles. The minimum Gasteiger partial charge on any atom is -0.311 e. The average Bonchev–Trinajstić information content (AvgIpc) is 2.48. The maximum atomic E-state index is 4.27. The Morgan fingerprint density at radius 2 is 2.10 bits per heavy atom. The van der Waals surface area contributed by atoms with Crippen LogP contribution in [-0.4, -0.2) is 35.6 Å². The van der Waals surface area contributed by atoms with Crippen LogP contribution in [0.15, 0.2) is 22.9 Å². The molecule has 2 fully saturated rings. The van der Waals surface area contributed by atoms with E-state index in [-0.39, 0.29) is 0 Å². The van der Waals surface area contributed by atoms with Crippen LogP contribution in [0.4, 0.5) is 0 Å². The van der Waals surface area contributed by atoms with E-state index >= 15 is 0 Å². The van der Waals surface area contributed by atoms with Gasteiger partial charge in [0.05, 0.1) is 0 Å². The fourth-order valence-electron chi connectivity index (χ4n) is 3.64. The first-order valence-electron chi connectivity index (χ1n) is 7.86. The Kier molecular flexibility index (Phi) is 5.08. The van der Waals surface area contributed by atoms with Crippen LogP contribution in [-0.2, 0) is 6.54 Å². The van der Waals surface area contributed by atoms with Crippen molar-refractivity contribution in [2.24, 2.45) is 5.92 Å². The van der Waals surface area contributed by atoms with E-state index in [1.807, 2.05) is 12.4 Å². The largest absolute Gasteiger partial charge is 0.311 e. The van der Waals surface area contributed by atoms with Gasteiger partial charge in [-0.15, -0.1) is 0 Å². The molecule has 110 valence electrons. The third-order valence-corrected chi connectivity index (χ3v) is 5.11. The lowest BCUT2D eigenvalue weighted by molar-refractivity contribution is 0.141. The van der Waals surface area contributed by atoms with Gasteiger partial charge in [0.2, 0.25) is 0 Å². The van der Waals surface area contributed by atoms with Crippen LogP contribution in [0.25, 0.3) is 0 Å². The summed E-state index contributed by atoms with van der Waals surface area (Å²) in [5, 5.41) is 3.75. The number of hydrogen-bond donors (Lipinski definition) is 1. The van der Waals surface area contributed by atoms with Gasteiger partial charge in [0.1, 0.15) is 0 Å². The molecule has 1 saturated carbocycles. The Hall–Kier alpha value is -0.450. The summed E-state index contributed by atoms with van der Waals surface area (Å²) in [4.78, 5) is 6.85. The van der Waals surface area contributed by atoms with Crippen LogP contribution in [0, 0.1) is 5.92 Å². The number of hydrogen-bond acceptors (Lipinski definition) is 3. The molecule has 1 atom stereocenters. The number of aromatic nitrogens is 1. The molecule has 1 unspecified atom stereocenters. The quantitative estimate of drug-likeness (QED) is 0.917. The third kappa shape index (κ3) is 3.80. The molecule has 2 heterocycles. The van der Waals surface area contributed by atoms with Gasteiger partial charge in [-0.25, -0.2) is 0 Å². The summed E-state index contributed by atoms with van der Waals surface area (Å²) in [5.41, 5.74) is 1.31. The molecule has 1 N–H and O–H groups in total. The topological polar surface area (TPSA) is 28.2 Å². The van der Waals surface area contributed by atoms with Crippen LogP contribution < -0.4 is 5.32 Å². The van der Waals surface area contributed by atoms with E-state index in [1.54, 1.807) is 0 Å². The van der Waals surface area contributed by atoms with Crippen molar-refractivity contribution in [3.05, 3.63) is 28.5 Å². The molecular weight excluding hydrogens is 314 g/mol. The molecule has 20 heavy (non-hydrogen) atoms. The summed E-state index contributed by atoms with van der Waals surface area (Å²) < 4.78 is 1.08. The molecule has 0 aromatic carbocycles. The van der Waals surface area contributed by atoms with Crippen molar-refractivity contribution in [1.82, 2.24) is 15.2 Å². The van der Waals surface area contributed by atoms with Crippen LogP contribution in [0.1, 0.15) is 37.7 Å². The minimum atomic E-state index is 0.698. The predicted octanol–water partition coefficient (Wildman–Crippen LogP) is 3.20. The van der Waals surface area contributed by atoms with E-state index in [2.05, 4.69) is 37.2 Å². The molecule has 3 rings (SSSR count). The summed E-state index contributed by atoms with van der Waals surface area (Å²) in [6, 6.07) is 2.88. The van der Waals surface area contributed by atoms with Crippen LogP contribution >= 0.6 is 15.9 Å². The summed E-state index contributed by atoms with van der Waals surface area (Å²) in [5.74, 6) is 0.896. The lowest BCUT2D eigenvalue weighted by atomic mass is 9.83. The van der Waals surface area contributed by atoms with E-state index in [0.717, 1.165) is 30.0 Å². The van der Waals surface area contributed by atoms with E-state index in [1.165, 1.54) is 44.2 Å². The van der Waals surface area contributed by atoms with Gasteiger partial charge >= 0.3 is 0 Å². The van der Waals surface area contributed by atoms with Crippen molar-refractivity contribution < 1.29 is 0 Å². The highest BCUT2D eigenvalue weighted by Gasteiger charge is 2.27. The molecule has 1 saturated heterocycles. The van der Waals surface area contributed by atoms with Gasteiger partial charge in [0.15, 0.2) is 0 Å². The summed E-state index contributed by atoms with van der Waals surface area (Å²) in [7, 11) is 0. The molecule has 3 nitrogen and oxygen atoms in total. The fourth-order valence-corrected chi connectivity index (χ4v) is 4.05. The highest BCUT2D eigenvalue weighted by atomic mass is 79.9. The Morgan fingerprint density at radius 1 is 1.25 bits per heavy atom. The van der Waals surface area contributed by atoms with Gasteiger partial charge < -0.3 is 5.32 Å². The maximum Gasteiger partial charge on any atom is 0.0410 e. The summed E-state index contributed by atoms with van der Waals surface area (Å²) >= 11 is 3.51. The molecule has 0 radical (unpaired) electrons. The smallest absolute Gasteiger partial charge is 0.0410 e. The van der Waals surface area contributed by atoms with Crippen molar-refractivity contribution in [3.8, 4) is 0 Å². The lowest BCUT2D eigenvalue weighted by Gasteiger charge is -2.39. The normalized spacial score (nSPS) is 25.8. The van der Waals surface area contributed by atoms with Crippen LogP contribution in [0.3, 0.4) is 0 Å². The van der Waals surface area contributed by atoms with Crippen molar-refractivity contribution in [1.29, 1.82) is 0 Å². The Bertz CT molecular complexity index is 431. The Labute approximate surface area is 130 Å². The second-order valence-electron chi connectivity index (χ2n) is 6.21. The zero-order valence-corrected chi connectivity index (χ0v) is 13.6. The molecule has 0 spiro atoms. The van der Waals surface area contributed by atoms with Gasteiger partial charge in [0, 0.05) is 49.1 Å². The van der Waals surface area contributed by atoms with Crippen molar-refractivity contribution >= 4 is 15.9 Å². The summed E-state index contributed by atoms with van der Waals surface area (Å²) in [6.45, 7) is 4.49. The van der Waals surface area contributed by atoms with Crippen molar-refractivity contribution in [2.75, 3.05) is 19.6 Å². The van der Waals surface area contributed by atoms with Crippen molar-refractivity contribution in [2.45, 2.75) is 44.7 Å².